The van der Waals surface area contributed by atoms with E-state index < -0.39 is 17.8 Å². The molecule has 0 radical (unpaired) electrons. The fourth-order valence-electron chi connectivity index (χ4n) is 0.906. The number of hydrogen-bond donors (Lipinski definition) is 0. The Morgan fingerprint density at radius 3 is 2.46 bits per heavy atom. The normalized spacial score (nSPS) is 10.5. The highest BCUT2D eigenvalue weighted by Crippen LogP contribution is 2.29. The second kappa shape index (κ2) is 3.91. The summed E-state index contributed by atoms with van der Waals surface area (Å²) in [7, 11) is 0. The van der Waals surface area contributed by atoms with E-state index in [4.69, 9.17) is 0 Å². The Bertz CT molecular complexity index is 338. The lowest BCUT2D eigenvalue weighted by Crippen LogP contribution is -1.98. The maximum atomic E-state index is 13.0. The van der Waals surface area contributed by atoms with Crippen molar-refractivity contribution in [3.63, 3.8) is 0 Å². The molecule has 13 heavy (non-hydrogen) atoms. The van der Waals surface area contributed by atoms with Gasteiger partial charge in [-0.25, -0.2) is 13.2 Å². The van der Waals surface area contributed by atoms with E-state index in [2.05, 4.69) is 15.9 Å². The van der Waals surface area contributed by atoms with E-state index >= 15 is 0 Å². The summed E-state index contributed by atoms with van der Waals surface area (Å²) in [5.74, 6) is -1.08. The van der Waals surface area contributed by atoms with Gasteiger partial charge in [0.05, 0.1) is 10.0 Å². The third kappa shape index (κ3) is 1.91. The monoisotopic (exact) mass is 252 g/mol. The quantitative estimate of drug-likeness (QED) is 0.738. The number of carbonyl (C=O) groups excluding carboxylic acids is 1. The maximum absolute atomic E-state index is 13.0. The molecular weight excluding hydrogens is 249 g/mol. The van der Waals surface area contributed by atoms with Gasteiger partial charge in [0.1, 0.15) is 5.82 Å². The number of benzene rings is 1. The van der Waals surface area contributed by atoms with Crippen molar-refractivity contribution in [2.75, 3.05) is 0 Å². The zero-order valence-corrected chi connectivity index (χ0v) is 7.82. The third-order valence-electron chi connectivity index (χ3n) is 1.51. The third-order valence-corrected chi connectivity index (χ3v) is 2.12. The highest BCUT2D eigenvalue weighted by molar-refractivity contribution is 9.10. The van der Waals surface area contributed by atoms with E-state index in [-0.39, 0.29) is 16.3 Å². The molecule has 0 amide bonds. The lowest BCUT2D eigenvalue weighted by molar-refractivity contribution is 0.110. The van der Waals surface area contributed by atoms with Crippen LogP contribution in [-0.2, 0) is 0 Å². The molecule has 0 saturated carbocycles. The molecule has 0 saturated heterocycles. The molecule has 0 unspecified atom stereocenters. The zero-order valence-electron chi connectivity index (χ0n) is 6.23. The molecule has 1 aromatic carbocycles. The van der Waals surface area contributed by atoms with Crippen molar-refractivity contribution in [1.82, 2.24) is 0 Å². The van der Waals surface area contributed by atoms with E-state index in [1.807, 2.05) is 0 Å². The Balaban J connectivity index is 3.41. The number of carbonyl (C=O) groups is 1. The van der Waals surface area contributed by atoms with Crippen LogP contribution in [0.5, 0.6) is 0 Å². The Kier molecular flexibility index (Phi) is 3.08. The summed E-state index contributed by atoms with van der Waals surface area (Å²) >= 11 is 2.75. The molecule has 1 rings (SSSR count). The first kappa shape index (κ1) is 10.2. The summed E-state index contributed by atoms with van der Waals surface area (Å²) < 4.78 is 37.4. The standard InChI is InChI=1S/C8H4BrF3O/c9-5-2-1-4(3-13)6(7(5)10)8(11)12/h1-3,8H. The van der Waals surface area contributed by atoms with E-state index in [0.717, 1.165) is 6.07 Å². The van der Waals surface area contributed by atoms with Gasteiger partial charge in [0, 0.05) is 5.56 Å². The average molecular weight is 253 g/mol. The minimum Gasteiger partial charge on any atom is -0.298 e. The van der Waals surface area contributed by atoms with Crippen molar-refractivity contribution in [3.05, 3.63) is 33.5 Å². The highest BCUT2D eigenvalue weighted by Gasteiger charge is 2.19. The van der Waals surface area contributed by atoms with Crippen LogP contribution in [-0.4, -0.2) is 6.29 Å². The molecule has 70 valence electrons. The van der Waals surface area contributed by atoms with Crippen molar-refractivity contribution in [2.24, 2.45) is 0 Å². The first-order chi connectivity index (χ1) is 6.07. The Labute approximate surface area is 80.7 Å². The summed E-state index contributed by atoms with van der Waals surface area (Å²) in [5.41, 5.74) is -1.18. The van der Waals surface area contributed by atoms with Crippen molar-refractivity contribution in [1.29, 1.82) is 0 Å². The molecule has 1 nitrogen and oxygen atoms in total. The molecule has 0 heterocycles. The van der Waals surface area contributed by atoms with Crippen molar-refractivity contribution >= 4 is 22.2 Å². The lowest BCUT2D eigenvalue weighted by Gasteiger charge is -2.05. The topological polar surface area (TPSA) is 17.1 Å². The van der Waals surface area contributed by atoms with E-state index in [0.29, 0.717) is 0 Å². The minimum atomic E-state index is -2.99. The fourth-order valence-corrected chi connectivity index (χ4v) is 1.25. The second-order valence-corrected chi connectivity index (χ2v) is 3.14. The molecule has 0 N–H and O–H groups in total. The van der Waals surface area contributed by atoms with Gasteiger partial charge in [-0.05, 0) is 28.1 Å². The highest BCUT2D eigenvalue weighted by atomic mass is 79.9. The number of hydrogen-bond acceptors (Lipinski definition) is 1. The van der Waals surface area contributed by atoms with Crippen LogP contribution >= 0.6 is 15.9 Å². The molecule has 0 fully saturated rings. The fraction of sp³-hybridized carbons (Fsp3) is 0.125. The zero-order chi connectivity index (χ0) is 10.0. The van der Waals surface area contributed by atoms with Crippen LogP contribution in [0, 0.1) is 5.82 Å². The first-order valence-corrected chi connectivity index (χ1v) is 4.08. The van der Waals surface area contributed by atoms with Crippen LogP contribution in [0.4, 0.5) is 13.2 Å². The molecule has 5 heteroatoms. The number of rotatable bonds is 2. The molecule has 0 aliphatic rings. The predicted octanol–water partition coefficient (Wildman–Crippen LogP) is 3.34. The molecule has 0 bridgehead atoms. The van der Waals surface area contributed by atoms with E-state index in [9.17, 15) is 18.0 Å². The van der Waals surface area contributed by atoms with Gasteiger partial charge in [-0.1, -0.05) is 0 Å². The van der Waals surface area contributed by atoms with Crippen LogP contribution in [0.15, 0.2) is 16.6 Å². The maximum Gasteiger partial charge on any atom is 0.267 e. The molecule has 0 aliphatic carbocycles. The SMILES string of the molecule is O=Cc1ccc(Br)c(F)c1C(F)F. The van der Waals surface area contributed by atoms with Crippen LogP contribution in [0.2, 0.25) is 0 Å². The van der Waals surface area contributed by atoms with Crippen molar-refractivity contribution in [2.45, 2.75) is 6.43 Å². The lowest BCUT2D eigenvalue weighted by atomic mass is 10.1. The van der Waals surface area contributed by atoms with Crippen molar-refractivity contribution in [3.8, 4) is 0 Å². The molecule has 1 aromatic rings. The van der Waals surface area contributed by atoms with Crippen LogP contribution < -0.4 is 0 Å². The van der Waals surface area contributed by atoms with Crippen LogP contribution in [0.25, 0.3) is 0 Å². The van der Waals surface area contributed by atoms with Gasteiger partial charge in [-0.3, -0.25) is 4.79 Å². The number of aldehydes is 1. The average Bonchev–Trinajstić information content (AvgIpc) is 2.08. The Morgan fingerprint density at radius 1 is 1.38 bits per heavy atom. The summed E-state index contributed by atoms with van der Waals surface area (Å²) in [6.45, 7) is 0. The van der Waals surface area contributed by atoms with Crippen molar-refractivity contribution < 1.29 is 18.0 Å². The molecule has 0 aliphatic heterocycles. The van der Waals surface area contributed by atoms with Gasteiger partial charge in [-0.2, -0.15) is 0 Å². The summed E-state index contributed by atoms with van der Waals surface area (Å²) in [5, 5.41) is 0. The number of alkyl halides is 2. The van der Waals surface area contributed by atoms with E-state index in [1.165, 1.54) is 6.07 Å². The summed E-state index contributed by atoms with van der Waals surface area (Å²) in [6, 6.07) is 2.35. The second-order valence-electron chi connectivity index (χ2n) is 2.28. The Morgan fingerprint density at radius 2 is 2.00 bits per heavy atom. The van der Waals surface area contributed by atoms with Crippen LogP contribution in [0.3, 0.4) is 0 Å². The van der Waals surface area contributed by atoms with Gasteiger partial charge in [0.2, 0.25) is 0 Å². The predicted molar refractivity (Wildman–Crippen MR) is 44.4 cm³/mol. The molecular formula is C8H4BrF3O. The van der Waals surface area contributed by atoms with Crippen LogP contribution in [0.1, 0.15) is 22.3 Å². The van der Waals surface area contributed by atoms with Gasteiger partial charge in [0.15, 0.2) is 6.29 Å². The largest absolute Gasteiger partial charge is 0.298 e. The van der Waals surface area contributed by atoms with Gasteiger partial charge < -0.3 is 0 Å². The van der Waals surface area contributed by atoms with Gasteiger partial charge in [0.25, 0.3) is 6.43 Å². The Hall–Kier alpha value is -0.840. The first-order valence-electron chi connectivity index (χ1n) is 3.29. The summed E-state index contributed by atoms with van der Waals surface area (Å²) in [4.78, 5) is 10.3. The molecule has 0 spiro atoms. The van der Waals surface area contributed by atoms with E-state index in [1.54, 1.807) is 0 Å². The number of halogens is 4. The molecule has 0 aromatic heterocycles. The minimum absolute atomic E-state index is 0.0756. The summed E-state index contributed by atoms with van der Waals surface area (Å²) in [6.07, 6.45) is -2.78. The van der Waals surface area contributed by atoms with Gasteiger partial charge >= 0.3 is 0 Å². The van der Waals surface area contributed by atoms with Gasteiger partial charge in [-0.15, -0.1) is 0 Å². The molecule has 0 atom stereocenters. The smallest absolute Gasteiger partial charge is 0.267 e.